The van der Waals surface area contributed by atoms with Crippen LogP contribution in [0.25, 0.3) is 0 Å². The van der Waals surface area contributed by atoms with Crippen LogP contribution in [0.3, 0.4) is 0 Å². The summed E-state index contributed by atoms with van der Waals surface area (Å²) in [7, 11) is 0. The summed E-state index contributed by atoms with van der Waals surface area (Å²) >= 11 is 1.36. The highest BCUT2D eigenvalue weighted by Gasteiger charge is 2.14. The van der Waals surface area contributed by atoms with Gasteiger partial charge in [0.15, 0.2) is 10.9 Å². The van der Waals surface area contributed by atoms with Crippen molar-refractivity contribution in [3.63, 3.8) is 0 Å². The van der Waals surface area contributed by atoms with Gasteiger partial charge in [-0.15, -0.1) is 10.2 Å². The van der Waals surface area contributed by atoms with Crippen LogP contribution in [0.5, 0.6) is 0 Å². The lowest BCUT2D eigenvalue weighted by molar-refractivity contribution is -0.118. The largest absolute Gasteiger partial charge is 0.370 e. The Bertz CT molecular complexity index is 710. The lowest BCUT2D eigenvalue weighted by Gasteiger charge is -2.06. The second-order valence-electron chi connectivity index (χ2n) is 5.37. The van der Waals surface area contributed by atoms with Gasteiger partial charge in [0.25, 0.3) is 0 Å². The molecule has 2 rings (SSSR count). The van der Waals surface area contributed by atoms with E-state index in [0.29, 0.717) is 29.4 Å². The fourth-order valence-electron chi connectivity index (χ4n) is 2.30. The molecule has 24 heavy (non-hydrogen) atoms. The molecule has 0 spiro atoms. The molecule has 2 aromatic rings. The summed E-state index contributed by atoms with van der Waals surface area (Å²) in [5.41, 5.74) is 7.09. The van der Waals surface area contributed by atoms with Crippen LogP contribution in [-0.4, -0.2) is 32.2 Å². The van der Waals surface area contributed by atoms with Crippen LogP contribution in [0.4, 0.5) is 0 Å². The first-order valence-corrected chi connectivity index (χ1v) is 8.99. The molecule has 1 aromatic carbocycles. The minimum Gasteiger partial charge on any atom is -0.370 e. The first kappa shape index (κ1) is 18.2. The normalized spacial score (nSPS) is 10.8. The van der Waals surface area contributed by atoms with Crippen LogP contribution < -0.4 is 5.73 Å². The van der Waals surface area contributed by atoms with Crippen LogP contribution in [0, 0.1) is 0 Å². The summed E-state index contributed by atoms with van der Waals surface area (Å²) in [6.45, 7) is 4.75. The SMILES string of the molecule is CCc1ccc(C(=O)CSc2nnc(CCC(N)=O)n2CC)cc1. The third kappa shape index (κ3) is 4.67. The maximum Gasteiger partial charge on any atom is 0.217 e. The molecular weight excluding hydrogens is 324 g/mol. The molecule has 0 atom stereocenters. The van der Waals surface area contributed by atoms with Gasteiger partial charge in [-0.25, -0.2) is 0 Å². The number of benzene rings is 1. The maximum absolute atomic E-state index is 12.3. The molecule has 0 radical (unpaired) electrons. The average Bonchev–Trinajstić information content (AvgIpc) is 2.99. The van der Waals surface area contributed by atoms with E-state index in [-0.39, 0.29) is 18.1 Å². The Balaban J connectivity index is 2.00. The van der Waals surface area contributed by atoms with Crippen molar-refractivity contribution in [2.24, 2.45) is 5.73 Å². The molecule has 0 aliphatic rings. The van der Waals surface area contributed by atoms with Crippen molar-refractivity contribution in [1.82, 2.24) is 14.8 Å². The minimum atomic E-state index is -0.361. The van der Waals surface area contributed by atoms with Crippen molar-refractivity contribution in [1.29, 1.82) is 0 Å². The second kappa shape index (κ2) is 8.63. The standard InChI is InChI=1S/C17H22N4O2S/c1-3-12-5-7-13(8-6-12)14(22)11-24-17-20-19-16(21(17)4-2)10-9-15(18)23/h5-8H,3-4,9-11H2,1-2H3,(H2,18,23). The summed E-state index contributed by atoms with van der Waals surface area (Å²) in [6.07, 6.45) is 1.66. The Hall–Kier alpha value is -2.15. The highest BCUT2D eigenvalue weighted by atomic mass is 32.2. The molecule has 0 bridgehead atoms. The Kier molecular flexibility index (Phi) is 6.54. The second-order valence-corrected chi connectivity index (χ2v) is 6.31. The first-order valence-electron chi connectivity index (χ1n) is 8.00. The van der Waals surface area contributed by atoms with E-state index in [1.54, 1.807) is 0 Å². The van der Waals surface area contributed by atoms with Crippen molar-refractivity contribution in [2.75, 3.05) is 5.75 Å². The van der Waals surface area contributed by atoms with E-state index in [1.807, 2.05) is 35.8 Å². The zero-order valence-corrected chi connectivity index (χ0v) is 14.8. The van der Waals surface area contributed by atoms with Gasteiger partial charge in [0.1, 0.15) is 5.82 Å². The quantitative estimate of drug-likeness (QED) is 0.555. The van der Waals surface area contributed by atoms with Gasteiger partial charge in [0.05, 0.1) is 5.75 Å². The minimum absolute atomic E-state index is 0.0620. The van der Waals surface area contributed by atoms with Gasteiger partial charge in [-0.3, -0.25) is 9.59 Å². The molecule has 1 amide bonds. The molecule has 0 aliphatic heterocycles. The number of carbonyl (C=O) groups excluding carboxylic acids is 2. The molecule has 1 aromatic heterocycles. The first-order chi connectivity index (χ1) is 11.5. The number of hydrogen-bond acceptors (Lipinski definition) is 5. The Labute approximate surface area is 145 Å². The fraction of sp³-hybridized carbons (Fsp3) is 0.412. The summed E-state index contributed by atoms with van der Waals surface area (Å²) in [5.74, 6) is 0.727. The van der Waals surface area contributed by atoms with Crippen LogP contribution in [0.1, 0.15) is 42.0 Å². The van der Waals surface area contributed by atoms with Gasteiger partial charge in [-0.05, 0) is 18.9 Å². The number of aryl methyl sites for hydroxylation is 2. The summed E-state index contributed by atoms with van der Waals surface area (Å²) < 4.78 is 1.92. The highest BCUT2D eigenvalue weighted by molar-refractivity contribution is 7.99. The van der Waals surface area contributed by atoms with E-state index < -0.39 is 0 Å². The smallest absolute Gasteiger partial charge is 0.217 e. The Morgan fingerprint density at radius 3 is 2.46 bits per heavy atom. The van der Waals surface area contributed by atoms with Gasteiger partial charge >= 0.3 is 0 Å². The van der Waals surface area contributed by atoms with E-state index in [0.717, 1.165) is 12.2 Å². The molecule has 1 heterocycles. The molecule has 0 saturated carbocycles. The topological polar surface area (TPSA) is 90.9 Å². The Morgan fingerprint density at radius 2 is 1.88 bits per heavy atom. The predicted molar refractivity (Wildman–Crippen MR) is 94.1 cm³/mol. The molecule has 0 aliphatic carbocycles. The molecule has 0 saturated heterocycles. The molecule has 7 heteroatoms. The van der Waals surface area contributed by atoms with Gasteiger partial charge in [-0.1, -0.05) is 43.0 Å². The molecule has 0 unspecified atom stereocenters. The number of nitrogens with zero attached hydrogens (tertiary/aromatic N) is 3. The van der Waals surface area contributed by atoms with Crippen molar-refractivity contribution in [3.05, 3.63) is 41.2 Å². The van der Waals surface area contributed by atoms with Gasteiger partial charge in [0.2, 0.25) is 5.91 Å². The molecular formula is C17H22N4O2S. The number of amides is 1. The summed E-state index contributed by atoms with van der Waals surface area (Å²) in [5, 5.41) is 8.93. The highest BCUT2D eigenvalue weighted by Crippen LogP contribution is 2.19. The Morgan fingerprint density at radius 1 is 1.17 bits per heavy atom. The maximum atomic E-state index is 12.3. The predicted octanol–water partition coefficient (Wildman–Crippen LogP) is 2.25. The van der Waals surface area contributed by atoms with Gasteiger partial charge < -0.3 is 10.3 Å². The number of ketones is 1. The van der Waals surface area contributed by atoms with Crippen LogP contribution in [0.15, 0.2) is 29.4 Å². The van der Waals surface area contributed by atoms with E-state index in [9.17, 15) is 9.59 Å². The number of carbonyl (C=O) groups is 2. The lowest BCUT2D eigenvalue weighted by Crippen LogP contribution is -2.13. The van der Waals surface area contributed by atoms with Crippen LogP contribution in [-0.2, 0) is 24.2 Å². The van der Waals surface area contributed by atoms with Crippen molar-refractivity contribution < 1.29 is 9.59 Å². The van der Waals surface area contributed by atoms with E-state index in [2.05, 4.69) is 17.1 Å². The number of nitrogens with two attached hydrogens (primary N) is 1. The van der Waals surface area contributed by atoms with Gasteiger partial charge in [-0.2, -0.15) is 0 Å². The van der Waals surface area contributed by atoms with Gasteiger partial charge in [0, 0.05) is 24.9 Å². The number of hydrogen-bond donors (Lipinski definition) is 1. The summed E-state index contributed by atoms with van der Waals surface area (Å²) in [6, 6.07) is 7.69. The molecule has 128 valence electrons. The third-order valence-corrected chi connectivity index (χ3v) is 4.69. The van der Waals surface area contributed by atoms with Crippen LogP contribution in [0.2, 0.25) is 0 Å². The van der Waals surface area contributed by atoms with Crippen molar-refractivity contribution in [2.45, 2.75) is 44.8 Å². The van der Waals surface area contributed by atoms with E-state index in [4.69, 9.17) is 5.73 Å². The molecule has 0 fully saturated rings. The van der Waals surface area contributed by atoms with E-state index >= 15 is 0 Å². The fourth-order valence-corrected chi connectivity index (χ4v) is 3.22. The molecule has 2 N–H and O–H groups in total. The van der Waals surface area contributed by atoms with E-state index in [1.165, 1.54) is 17.3 Å². The van der Waals surface area contributed by atoms with Crippen molar-refractivity contribution in [3.8, 4) is 0 Å². The van der Waals surface area contributed by atoms with Crippen LogP contribution >= 0.6 is 11.8 Å². The lowest BCUT2D eigenvalue weighted by atomic mass is 10.1. The average molecular weight is 346 g/mol. The molecule has 6 nitrogen and oxygen atoms in total. The zero-order chi connectivity index (χ0) is 17.5. The monoisotopic (exact) mass is 346 g/mol. The number of Topliss-reactive ketones (excluding diaryl/α,β-unsaturated/α-hetero) is 1. The summed E-state index contributed by atoms with van der Waals surface area (Å²) in [4.78, 5) is 23.2. The number of rotatable bonds is 9. The van der Waals surface area contributed by atoms with Crippen molar-refractivity contribution >= 4 is 23.5 Å². The zero-order valence-electron chi connectivity index (χ0n) is 14.0. The number of primary amides is 1. The third-order valence-electron chi connectivity index (χ3n) is 3.72. The number of thioether (sulfide) groups is 1. The number of aromatic nitrogens is 3.